The van der Waals surface area contributed by atoms with Gasteiger partial charge in [-0.05, 0) is 30.9 Å². The van der Waals surface area contributed by atoms with Gasteiger partial charge in [-0.15, -0.1) is 0 Å². The summed E-state index contributed by atoms with van der Waals surface area (Å²) in [6.45, 7) is 1.37. The third-order valence-electron chi connectivity index (χ3n) is 5.34. The van der Waals surface area contributed by atoms with Crippen molar-refractivity contribution in [3.63, 3.8) is 0 Å². The number of amides is 1. The van der Waals surface area contributed by atoms with Crippen LogP contribution in [0.25, 0.3) is 0 Å². The molecule has 1 fully saturated rings. The molecule has 2 aliphatic rings. The number of alkyl halides is 3. The van der Waals surface area contributed by atoms with Crippen molar-refractivity contribution < 1.29 is 27.4 Å². The molecule has 0 N–H and O–H groups in total. The Labute approximate surface area is 170 Å². The van der Waals surface area contributed by atoms with E-state index in [9.17, 15) is 22.8 Å². The SMILES string of the molecule is O=C(C1COc2ccccc2O1)N1CCC(Cn2cnc(C(F)(F)F)cc2=O)CC1. The van der Waals surface area contributed by atoms with Crippen LogP contribution in [-0.4, -0.2) is 46.2 Å². The monoisotopic (exact) mass is 423 g/mol. The molecule has 0 spiro atoms. The minimum absolute atomic E-state index is 0.0644. The molecule has 1 amide bonds. The fraction of sp³-hybridized carbons (Fsp3) is 0.450. The van der Waals surface area contributed by atoms with Crippen molar-refractivity contribution in [2.24, 2.45) is 5.92 Å². The largest absolute Gasteiger partial charge is 0.485 e. The highest BCUT2D eigenvalue weighted by Gasteiger charge is 2.34. The fourth-order valence-electron chi connectivity index (χ4n) is 3.68. The molecule has 1 saturated heterocycles. The average molecular weight is 423 g/mol. The number of hydrogen-bond donors (Lipinski definition) is 0. The summed E-state index contributed by atoms with van der Waals surface area (Å²) in [4.78, 5) is 29.8. The van der Waals surface area contributed by atoms with Gasteiger partial charge in [-0.1, -0.05) is 12.1 Å². The number of para-hydroxylation sites is 2. The van der Waals surface area contributed by atoms with Crippen LogP contribution in [0.15, 0.2) is 41.5 Å². The number of carbonyl (C=O) groups is 1. The van der Waals surface area contributed by atoms with Gasteiger partial charge in [0.1, 0.15) is 6.61 Å². The zero-order chi connectivity index (χ0) is 21.3. The summed E-state index contributed by atoms with van der Waals surface area (Å²) in [6.07, 6.45) is -3.16. The maximum atomic E-state index is 12.8. The Balaban J connectivity index is 1.32. The quantitative estimate of drug-likeness (QED) is 0.758. The highest BCUT2D eigenvalue weighted by molar-refractivity contribution is 5.82. The van der Waals surface area contributed by atoms with E-state index in [0.29, 0.717) is 43.5 Å². The number of hydrogen-bond acceptors (Lipinski definition) is 5. The van der Waals surface area contributed by atoms with E-state index in [0.717, 1.165) is 6.33 Å². The third kappa shape index (κ3) is 4.27. The standard InChI is InChI=1S/C20H20F3N3O4/c21-20(22,23)17-9-18(27)26(12-24-17)10-13-5-7-25(8-6-13)19(28)16-11-29-14-3-1-2-4-15(14)30-16/h1-4,9,12-13,16H,5-8,10-11H2. The first-order valence-electron chi connectivity index (χ1n) is 9.62. The van der Waals surface area contributed by atoms with Crippen LogP contribution in [0.5, 0.6) is 11.5 Å². The molecule has 0 saturated carbocycles. The molecule has 4 rings (SSSR count). The Hall–Kier alpha value is -3.04. The van der Waals surface area contributed by atoms with Gasteiger partial charge in [0.25, 0.3) is 11.5 Å². The number of nitrogens with zero attached hydrogens (tertiary/aromatic N) is 3. The van der Waals surface area contributed by atoms with Crippen molar-refractivity contribution in [1.82, 2.24) is 14.5 Å². The van der Waals surface area contributed by atoms with Crippen LogP contribution in [0.3, 0.4) is 0 Å². The zero-order valence-electron chi connectivity index (χ0n) is 16.0. The number of carbonyl (C=O) groups excluding carboxylic acids is 1. The lowest BCUT2D eigenvalue weighted by Crippen LogP contribution is -2.49. The van der Waals surface area contributed by atoms with Crippen LogP contribution >= 0.6 is 0 Å². The van der Waals surface area contributed by atoms with Crippen LogP contribution < -0.4 is 15.0 Å². The summed E-state index contributed by atoms with van der Waals surface area (Å²) in [5.41, 5.74) is -1.93. The van der Waals surface area contributed by atoms with Crippen molar-refractivity contribution in [2.45, 2.75) is 31.7 Å². The van der Waals surface area contributed by atoms with Gasteiger partial charge in [-0.2, -0.15) is 13.2 Å². The maximum absolute atomic E-state index is 12.8. The first kappa shape index (κ1) is 20.2. The molecule has 10 heteroatoms. The molecule has 2 aromatic rings. The van der Waals surface area contributed by atoms with Gasteiger partial charge in [0, 0.05) is 25.7 Å². The molecule has 160 valence electrons. The third-order valence-corrected chi connectivity index (χ3v) is 5.34. The van der Waals surface area contributed by atoms with E-state index < -0.39 is 23.5 Å². The minimum Gasteiger partial charge on any atom is -0.485 e. The van der Waals surface area contributed by atoms with Crippen LogP contribution in [0, 0.1) is 5.92 Å². The van der Waals surface area contributed by atoms with E-state index in [1.54, 1.807) is 23.1 Å². The van der Waals surface area contributed by atoms with E-state index in [1.165, 1.54) is 4.57 Å². The number of ether oxygens (including phenoxy) is 2. The molecule has 1 aromatic heterocycles. The summed E-state index contributed by atoms with van der Waals surface area (Å²) in [6, 6.07) is 7.67. The molecule has 0 bridgehead atoms. The van der Waals surface area contributed by atoms with Gasteiger partial charge in [-0.3, -0.25) is 14.2 Å². The molecule has 30 heavy (non-hydrogen) atoms. The van der Waals surface area contributed by atoms with Gasteiger partial charge < -0.3 is 14.4 Å². The predicted molar refractivity (Wildman–Crippen MR) is 99.2 cm³/mol. The predicted octanol–water partition coefficient (Wildman–Crippen LogP) is 2.34. The smallest absolute Gasteiger partial charge is 0.433 e. The van der Waals surface area contributed by atoms with Crippen molar-refractivity contribution in [1.29, 1.82) is 0 Å². The van der Waals surface area contributed by atoms with Crippen LogP contribution in [0.1, 0.15) is 18.5 Å². The fourth-order valence-corrected chi connectivity index (χ4v) is 3.68. The van der Waals surface area contributed by atoms with Crippen molar-refractivity contribution in [3.05, 3.63) is 52.7 Å². The summed E-state index contributed by atoms with van der Waals surface area (Å²) >= 11 is 0. The lowest BCUT2D eigenvalue weighted by molar-refractivity contribution is -0.142. The van der Waals surface area contributed by atoms with Crippen LogP contribution in [0.4, 0.5) is 13.2 Å². The summed E-state index contributed by atoms with van der Waals surface area (Å²) in [5.74, 6) is 1.05. The number of halogens is 3. The number of fused-ring (bicyclic) bond motifs is 1. The van der Waals surface area contributed by atoms with Gasteiger partial charge >= 0.3 is 6.18 Å². The van der Waals surface area contributed by atoms with Crippen molar-refractivity contribution >= 4 is 5.91 Å². The maximum Gasteiger partial charge on any atom is 0.433 e. The average Bonchev–Trinajstić information content (AvgIpc) is 2.74. The van der Waals surface area contributed by atoms with E-state index in [2.05, 4.69) is 4.98 Å². The molecular weight excluding hydrogens is 403 g/mol. The molecule has 1 aromatic carbocycles. The second-order valence-corrected chi connectivity index (χ2v) is 7.40. The Morgan fingerprint density at radius 3 is 2.53 bits per heavy atom. The molecule has 1 unspecified atom stereocenters. The number of rotatable bonds is 3. The molecule has 0 radical (unpaired) electrons. The topological polar surface area (TPSA) is 73.7 Å². The van der Waals surface area contributed by atoms with Crippen LogP contribution in [0.2, 0.25) is 0 Å². The van der Waals surface area contributed by atoms with E-state index in [1.807, 2.05) is 6.07 Å². The zero-order valence-corrected chi connectivity index (χ0v) is 16.0. The van der Waals surface area contributed by atoms with Crippen molar-refractivity contribution in [2.75, 3.05) is 19.7 Å². The highest BCUT2D eigenvalue weighted by Crippen LogP contribution is 2.32. The van der Waals surface area contributed by atoms with Gasteiger partial charge in [0.15, 0.2) is 17.2 Å². The van der Waals surface area contributed by atoms with Gasteiger partial charge in [0.05, 0.1) is 6.33 Å². The number of piperidine rings is 1. The van der Waals surface area contributed by atoms with Gasteiger partial charge in [0.2, 0.25) is 6.10 Å². The van der Waals surface area contributed by atoms with E-state index in [4.69, 9.17) is 9.47 Å². The molecule has 0 aliphatic carbocycles. The number of aromatic nitrogens is 2. The Morgan fingerprint density at radius 1 is 1.17 bits per heavy atom. The molecule has 2 aliphatic heterocycles. The molecule has 1 atom stereocenters. The normalized spacial score (nSPS) is 19.6. The first-order chi connectivity index (χ1) is 14.3. The molecular formula is C20H20F3N3O4. The number of likely N-dealkylation sites (tertiary alicyclic amines) is 1. The Kier molecular flexibility index (Phi) is 5.40. The van der Waals surface area contributed by atoms with Gasteiger partial charge in [-0.25, -0.2) is 4.98 Å². The lowest BCUT2D eigenvalue weighted by Gasteiger charge is -2.35. The Bertz CT molecular complexity index is 984. The summed E-state index contributed by atoms with van der Waals surface area (Å²) in [5, 5.41) is 0. The number of benzene rings is 1. The lowest BCUT2D eigenvalue weighted by atomic mass is 9.96. The van der Waals surface area contributed by atoms with E-state index in [-0.39, 0.29) is 25.0 Å². The second-order valence-electron chi connectivity index (χ2n) is 7.40. The summed E-state index contributed by atoms with van der Waals surface area (Å²) in [7, 11) is 0. The van der Waals surface area contributed by atoms with Crippen LogP contribution in [-0.2, 0) is 17.5 Å². The minimum atomic E-state index is -4.64. The molecule has 3 heterocycles. The first-order valence-corrected chi connectivity index (χ1v) is 9.62. The summed E-state index contributed by atoms with van der Waals surface area (Å²) < 4.78 is 50.5. The Morgan fingerprint density at radius 2 is 1.87 bits per heavy atom. The highest BCUT2D eigenvalue weighted by atomic mass is 19.4. The van der Waals surface area contributed by atoms with Crippen molar-refractivity contribution in [3.8, 4) is 11.5 Å². The van der Waals surface area contributed by atoms with E-state index >= 15 is 0 Å². The second kappa shape index (κ2) is 8.00. The molecule has 7 nitrogen and oxygen atoms in total.